The van der Waals surface area contributed by atoms with Crippen molar-refractivity contribution in [2.75, 3.05) is 11.9 Å². The van der Waals surface area contributed by atoms with E-state index in [4.69, 9.17) is 5.73 Å². The highest BCUT2D eigenvalue weighted by atomic mass is 15.0. The lowest BCUT2D eigenvalue weighted by molar-refractivity contribution is 0.661. The van der Waals surface area contributed by atoms with Crippen LogP contribution in [0.15, 0.2) is 18.3 Å². The molecule has 0 saturated heterocycles. The fraction of sp³-hybridized carbons (Fsp3) is 0.545. The first-order valence-corrected chi connectivity index (χ1v) is 5.11. The summed E-state index contributed by atoms with van der Waals surface area (Å²) < 4.78 is 0. The van der Waals surface area contributed by atoms with Crippen LogP contribution in [0.1, 0.15) is 25.3 Å². The Morgan fingerprint density at radius 2 is 2.29 bits per heavy atom. The zero-order valence-corrected chi connectivity index (χ0v) is 8.96. The number of hydrogen-bond acceptors (Lipinski definition) is 3. The topological polar surface area (TPSA) is 50.9 Å². The third-order valence-electron chi connectivity index (χ3n) is 2.15. The fourth-order valence-corrected chi connectivity index (χ4v) is 1.30. The van der Waals surface area contributed by atoms with Gasteiger partial charge in [-0.2, -0.15) is 0 Å². The molecule has 14 heavy (non-hydrogen) atoms. The van der Waals surface area contributed by atoms with Crippen LogP contribution in [0.4, 0.5) is 5.82 Å². The van der Waals surface area contributed by atoms with E-state index in [0.717, 1.165) is 25.2 Å². The van der Waals surface area contributed by atoms with Crippen molar-refractivity contribution in [3.05, 3.63) is 23.9 Å². The second kappa shape index (κ2) is 5.60. The molecule has 1 rings (SSSR count). The molecule has 1 aromatic rings. The van der Waals surface area contributed by atoms with Crippen molar-refractivity contribution in [2.24, 2.45) is 5.73 Å². The molecule has 0 aliphatic carbocycles. The SMILES string of the molecule is Cc1ccc(NC(C)CCCN)nc1. The lowest BCUT2D eigenvalue weighted by atomic mass is 10.2. The average Bonchev–Trinajstić information content (AvgIpc) is 2.18. The Balaban J connectivity index is 2.39. The second-order valence-corrected chi connectivity index (χ2v) is 3.70. The Morgan fingerprint density at radius 3 is 2.86 bits per heavy atom. The maximum atomic E-state index is 5.45. The summed E-state index contributed by atoms with van der Waals surface area (Å²) in [5.74, 6) is 0.945. The molecule has 0 aromatic carbocycles. The molecule has 0 spiro atoms. The van der Waals surface area contributed by atoms with E-state index in [1.54, 1.807) is 0 Å². The van der Waals surface area contributed by atoms with E-state index in [2.05, 4.69) is 23.3 Å². The molecule has 3 N–H and O–H groups in total. The van der Waals surface area contributed by atoms with Crippen molar-refractivity contribution < 1.29 is 0 Å². The predicted octanol–water partition coefficient (Wildman–Crippen LogP) is 1.93. The number of hydrogen-bond donors (Lipinski definition) is 2. The first kappa shape index (κ1) is 11.0. The van der Waals surface area contributed by atoms with E-state index in [-0.39, 0.29) is 0 Å². The standard InChI is InChI=1S/C11H19N3/c1-9-5-6-11(13-8-9)14-10(2)4-3-7-12/h5-6,8,10H,3-4,7,12H2,1-2H3,(H,13,14). The zero-order valence-electron chi connectivity index (χ0n) is 8.96. The van der Waals surface area contributed by atoms with Gasteiger partial charge in [-0.15, -0.1) is 0 Å². The summed E-state index contributed by atoms with van der Waals surface area (Å²) in [5.41, 5.74) is 6.63. The van der Waals surface area contributed by atoms with Crippen LogP contribution in [-0.4, -0.2) is 17.6 Å². The van der Waals surface area contributed by atoms with E-state index in [9.17, 15) is 0 Å². The van der Waals surface area contributed by atoms with Crippen molar-refractivity contribution in [3.8, 4) is 0 Å². The van der Waals surface area contributed by atoms with Crippen molar-refractivity contribution in [1.29, 1.82) is 0 Å². The van der Waals surface area contributed by atoms with E-state index < -0.39 is 0 Å². The Kier molecular flexibility index (Phi) is 4.40. The molecular weight excluding hydrogens is 174 g/mol. The number of rotatable bonds is 5. The summed E-state index contributed by atoms with van der Waals surface area (Å²) in [4.78, 5) is 4.28. The maximum absolute atomic E-state index is 5.45. The van der Waals surface area contributed by atoms with Gasteiger partial charge in [-0.25, -0.2) is 4.98 Å². The smallest absolute Gasteiger partial charge is 0.126 e. The Hall–Kier alpha value is -1.09. The van der Waals surface area contributed by atoms with Gasteiger partial charge < -0.3 is 11.1 Å². The van der Waals surface area contributed by atoms with Gasteiger partial charge in [0.15, 0.2) is 0 Å². The first-order chi connectivity index (χ1) is 6.72. The zero-order chi connectivity index (χ0) is 10.4. The summed E-state index contributed by atoms with van der Waals surface area (Å²) >= 11 is 0. The Labute approximate surface area is 85.7 Å². The molecule has 0 fully saturated rings. The van der Waals surface area contributed by atoms with E-state index >= 15 is 0 Å². The van der Waals surface area contributed by atoms with Gasteiger partial charge in [0.1, 0.15) is 5.82 Å². The molecule has 0 bridgehead atoms. The minimum Gasteiger partial charge on any atom is -0.368 e. The van der Waals surface area contributed by atoms with E-state index in [0.29, 0.717) is 6.04 Å². The van der Waals surface area contributed by atoms with Crippen molar-refractivity contribution in [1.82, 2.24) is 4.98 Å². The van der Waals surface area contributed by atoms with Crippen LogP contribution in [0.2, 0.25) is 0 Å². The quantitative estimate of drug-likeness (QED) is 0.751. The lowest BCUT2D eigenvalue weighted by Gasteiger charge is -2.13. The van der Waals surface area contributed by atoms with Gasteiger partial charge in [-0.1, -0.05) is 6.07 Å². The molecule has 1 heterocycles. The fourth-order valence-electron chi connectivity index (χ4n) is 1.30. The highest BCUT2D eigenvalue weighted by molar-refractivity contribution is 5.35. The number of pyridine rings is 1. The molecule has 1 unspecified atom stereocenters. The summed E-state index contributed by atoms with van der Waals surface area (Å²) in [6.45, 7) is 4.94. The van der Waals surface area contributed by atoms with E-state index in [1.807, 2.05) is 19.2 Å². The molecule has 78 valence electrons. The first-order valence-electron chi connectivity index (χ1n) is 5.11. The molecule has 0 radical (unpaired) electrons. The van der Waals surface area contributed by atoms with Crippen LogP contribution >= 0.6 is 0 Å². The number of aryl methyl sites for hydroxylation is 1. The maximum Gasteiger partial charge on any atom is 0.126 e. The summed E-state index contributed by atoms with van der Waals surface area (Å²) in [7, 11) is 0. The van der Waals surface area contributed by atoms with Crippen LogP contribution in [-0.2, 0) is 0 Å². The minimum absolute atomic E-state index is 0.439. The number of anilines is 1. The lowest BCUT2D eigenvalue weighted by Crippen LogP contribution is -2.17. The predicted molar refractivity (Wildman–Crippen MR) is 60.3 cm³/mol. The molecule has 0 amide bonds. The molecule has 1 aromatic heterocycles. The monoisotopic (exact) mass is 193 g/mol. The van der Waals surface area contributed by atoms with Crippen LogP contribution < -0.4 is 11.1 Å². The largest absolute Gasteiger partial charge is 0.368 e. The molecular formula is C11H19N3. The Morgan fingerprint density at radius 1 is 1.50 bits per heavy atom. The molecule has 3 nitrogen and oxygen atoms in total. The highest BCUT2D eigenvalue weighted by Gasteiger charge is 2.01. The van der Waals surface area contributed by atoms with Crippen molar-refractivity contribution in [3.63, 3.8) is 0 Å². The summed E-state index contributed by atoms with van der Waals surface area (Å²) in [5, 5.41) is 3.34. The third-order valence-corrected chi connectivity index (χ3v) is 2.15. The molecule has 1 atom stereocenters. The Bertz CT molecular complexity index is 256. The second-order valence-electron chi connectivity index (χ2n) is 3.70. The average molecular weight is 193 g/mol. The van der Waals surface area contributed by atoms with Gasteiger partial charge in [-0.05, 0) is 44.9 Å². The van der Waals surface area contributed by atoms with Crippen molar-refractivity contribution >= 4 is 5.82 Å². The minimum atomic E-state index is 0.439. The van der Waals surface area contributed by atoms with Crippen LogP contribution in [0.5, 0.6) is 0 Å². The summed E-state index contributed by atoms with van der Waals surface area (Å²) in [6.07, 6.45) is 4.02. The van der Waals surface area contributed by atoms with Gasteiger partial charge in [0, 0.05) is 12.2 Å². The highest BCUT2D eigenvalue weighted by Crippen LogP contribution is 2.07. The summed E-state index contributed by atoms with van der Waals surface area (Å²) in [6, 6.07) is 4.51. The number of nitrogens with one attached hydrogen (secondary N) is 1. The van der Waals surface area contributed by atoms with Crippen LogP contribution in [0.3, 0.4) is 0 Å². The van der Waals surface area contributed by atoms with Gasteiger partial charge in [0.2, 0.25) is 0 Å². The number of nitrogens with zero attached hydrogens (tertiary/aromatic N) is 1. The number of nitrogens with two attached hydrogens (primary N) is 1. The van der Waals surface area contributed by atoms with Crippen LogP contribution in [0.25, 0.3) is 0 Å². The molecule has 0 aliphatic rings. The third kappa shape index (κ3) is 3.75. The van der Waals surface area contributed by atoms with Gasteiger partial charge in [-0.3, -0.25) is 0 Å². The van der Waals surface area contributed by atoms with E-state index in [1.165, 1.54) is 5.56 Å². The molecule has 0 saturated carbocycles. The van der Waals surface area contributed by atoms with Crippen molar-refractivity contribution in [2.45, 2.75) is 32.7 Å². The van der Waals surface area contributed by atoms with Crippen LogP contribution in [0, 0.1) is 6.92 Å². The molecule has 0 aliphatic heterocycles. The van der Waals surface area contributed by atoms with Gasteiger partial charge in [0.05, 0.1) is 0 Å². The number of aromatic nitrogens is 1. The van der Waals surface area contributed by atoms with Gasteiger partial charge in [0.25, 0.3) is 0 Å². The molecule has 3 heteroatoms. The normalized spacial score (nSPS) is 12.5. The van der Waals surface area contributed by atoms with Gasteiger partial charge >= 0.3 is 0 Å².